The van der Waals surface area contributed by atoms with Gasteiger partial charge in [-0.05, 0) is 0 Å². The van der Waals surface area contributed by atoms with Gasteiger partial charge in [-0.15, -0.1) is 0 Å². The Bertz CT molecular complexity index is 8.00. The first-order valence-corrected chi connectivity index (χ1v) is 0. The molecule has 0 aliphatic rings. The summed E-state index contributed by atoms with van der Waals surface area (Å²) in [5.74, 6) is 0. The van der Waals surface area contributed by atoms with Crippen molar-refractivity contribution in [2.24, 2.45) is 0 Å². The molecule has 0 unspecified atom stereocenters. The van der Waals surface area contributed by atoms with Crippen LogP contribution in [-0.2, 0) is 50.3 Å². The summed E-state index contributed by atoms with van der Waals surface area (Å²) in [6.07, 6.45) is 0. The number of rotatable bonds is 0. The second-order valence-electron chi connectivity index (χ2n) is 0. The molecular formula is CH4CoMnNi. The number of hydrogen-bond donors (Lipinski definition) is 0. The fourth-order valence-electron chi connectivity index (χ4n) is 0. The van der Waals surface area contributed by atoms with Crippen molar-refractivity contribution >= 4 is 0 Å². The average Bonchev–Trinajstić information content (AvgIpc) is 0. The first-order valence-electron chi connectivity index (χ1n) is 0. The zero-order chi connectivity index (χ0) is 0. The Kier molecular flexibility index (Phi) is 296. The van der Waals surface area contributed by atoms with Gasteiger partial charge in [0.25, 0.3) is 0 Å². The van der Waals surface area contributed by atoms with Crippen molar-refractivity contribution in [3.8, 4) is 0 Å². The van der Waals surface area contributed by atoms with Crippen molar-refractivity contribution in [1.82, 2.24) is 0 Å². The fourth-order valence-corrected chi connectivity index (χ4v) is 0. The van der Waals surface area contributed by atoms with Crippen LogP contribution in [0.5, 0.6) is 0 Å². The third-order valence-electron chi connectivity index (χ3n) is 0. The maximum atomic E-state index is 0. The molecule has 0 bridgehead atoms. The molecule has 0 saturated carbocycles. The van der Waals surface area contributed by atoms with Gasteiger partial charge in [0.15, 0.2) is 0 Å². The summed E-state index contributed by atoms with van der Waals surface area (Å²) in [6, 6.07) is 0. The van der Waals surface area contributed by atoms with Crippen LogP contribution < -0.4 is 0 Å². The minimum absolute atomic E-state index is 0. The number of hydrogen-bond acceptors (Lipinski definition) is 0. The van der Waals surface area contributed by atoms with E-state index in [1.807, 2.05) is 0 Å². The molecule has 0 saturated heterocycles. The molecule has 2 radical (unpaired) electrons. The maximum absolute atomic E-state index is 0. The third kappa shape index (κ3) is 9.68. The van der Waals surface area contributed by atoms with E-state index >= 15 is 0 Å². The monoisotopic (exact) mass is 188 g/mol. The Morgan fingerprint density at radius 3 is 1.00 bits per heavy atom. The molecule has 0 N–H and O–H groups in total. The van der Waals surface area contributed by atoms with E-state index in [4.69, 9.17) is 0 Å². The summed E-state index contributed by atoms with van der Waals surface area (Å²) in [4.78, 5) is 0. The van der Waals surface area contributed by atoms with Gasteiger partial charge in [-0.3, -0.25) is 0 Å². The molecule has 0 aromatic rings. The molecule has 0 amide bonds. The van der Waals surface area contributed by atoms with Gasteiger partial charge in [0.05, 0.1) is 0 Å². The van der Waals surface area contributed by atoms with Crippen LogP contribution in [0.15, 0.2) is 0 Å². The first-order chi connectivity index (χ1) is 0. The maximum Gasteiger partial charge on any atom is 0 e. The van der Waals surface area contributed by atoms with Crippen molar-refractivity contribution in [1.29, 1.82) is 0 Å². The quantitative estimate of drug-likeness (QED) is 0.490. The van der Waals surface area contributed by atoms with E-state index in [1.54, 1.807) is 0 Å². The molecule has 0 fully saturated rings. The zero-order valence-electron chi connectivity index (χ0n) is 1.03. The van der Waals surface area contributed by atoms with Crippen molar-refractivity contribution in [3.63, 3.8) is 0 Å². The molecular weight excluding hydrogens is 185 g/mol. The summed E-state index contributed by atoms with van der Waals surface area (Å²) in [6.45, 7) is 0. The molecule has 0 nitrogen and oxygen atoms in total. The Morgan fingerprint density at radius 1 is 1.00 bits per heavy atom. The van der Waals surface area contributed by atoms with Crippen LogP contribution in [0.2, 0.25) is 0 Å². The van der Waals surface area contributed by atoms with Gasteiger partial charge < -0.3 is 0 Å². The molecule has 0 spiro atoms. The Balaban J connectivity index is 0. The summed E-state index contributed by atoms with van der Waals surface area (Å²) in [7, 11) is 0. The van der Waals surface area contributed by atoms with Gasteiger partial charge in [-0.1, -0.05) is 7.43 Å². The van der Waals surface area contributed by atoms with E-state index in [0.29, 0.717) is 0 Å². The van der Waals surface area contributed by atoms with Gasteiger partial charge >= 0.3 is 0 Å². The standard InChI is InChI=1S/CH4.Co.Mn.Ni/h1H4;;;. The van der Waals surface area contributed by atoms with Crippen LogP contribution >= 0.6 is 0 Å². The first kappa shape index (κ1) is 48.8. The van der Waals surface area contributed by atoms with Crippen LogP contribution in [0.3, 0.4) is 0 Å². The minimum atomic E-state index is 0. The summed E-state index contributed by atoms with van der Waals surface area (Å²) < 4.78 is 0. The van der Waals surface area contributed by atoms with Crippen LogP contribution in [-0.4, -0.2) is 0 Å². The molecule has 0 atom stereocenters. The van der Waals surface area contributed by atoms with Crippen LogP contribution in [0.1, 0.15) is 7.43 Å². The Hall–Kier alpha value is 1.52. The molecule has 0 heterocycles. The summed E-state index contributed by atoms with van der Waals surface area (Å²) in [5.41, 5.74) is 0. The largest absolute Gasteiger partial charge is 0.0776 e. The van der Waals surface area contributed by atoms with Crippen LogP contribution in [0, 0.1) is 0 Å². The van der Waals surface area contributed by atoms with Crippen molar-refractivity contribution < 1.29 is 50.3 Å². The SMILES string of the molecule is C.[Co].[Mn].[Ni]. The van der Waals surface area contributed by atoms with Gasteiger partial charge in [-0.2, -0.15) is 0 Å². The second kappa shape index (κ2) is 24.2. The molecule has 0 aliphatic heterocycles. The third-order valence-corrected chi connectivity index (χ3v) is 0. The zero-order valence-corrected chi connectivity index (χ0v) is 4.24. The normalized spacial score (nSPS) is 0. The van der Waals surface area contributed by atoms with Crippen LogP contribution in [0.25, 0.3) is 0 Å². The van der Waals surface area contributed by atoms with E-state index in [-0.39, 0.29) is 57.8 Å². The molecule has 0 aromatic heterocycles. The van der Waals surface area contributed by atoms with Gasteiger partial charge in [0.1, 0.15) is 0 Å². The van der Waals surface area contributed by atoms with Crippen molar-refractivity contribution in [2.45, 2.75) is 7.43 Å². The van der Waals surface area contributed by atoms with E-state index in [0.717, 1.165) is 0 Å². The summed E-state index contributed by atoms with van der Waals surface area (Å²) >= 11 is 0. The predicted octanol–water partition coefficient (Wildman–Crippen LogP) is 0.629. The molecule has 0 aliphatic carbocycles. The van der Waals surface area contributed by atoms with E-state index in [2.05, 4.69) is 0 Å². The smallest absolute Gasteiger partial charge is 0 e. The topological polar surface area (TPSA) is 0 Å². The van der Waals surface area contributed by atoms with Gasteiger partial charge in [0.2, 0.25) is 0 Å². The molecule has 4 heavy (non-hydrogen) atoms. The average molecular weight is 189 g/mol. The van der Waals surface area contributed by atoms with E-state index in [9.17, 15) is 0 Å². The molecule has 3 heteroatoms. The minimum Gasteiger partial charge on any atom is -0.0776 e. The fraction of sp³-hybridized carbons (Fsp3) is 1.00. The summed E-state index contributed by atoms with van der Waals surface area (Å²) in [5, 5.41) is 0. The van der Waals surface area contributed by atoms with Gasteiger partial charge in [-0.25, -0.2) is 0 Å². The molecule has 34 valence electrons. The van der Waals surface area contributed by atoms with E-state index in [1.165, 1.54) is 0 Å². The van der Waals surface area contributed by atoms with Crippen LogP contribution in [0.4, 0.5) is 0 Å². The molecule has 0 rings (SSSR count). The van der Waals surface area contributed by atoms with Gasteiger partial charge in [0, 0.05) is 50.3 Å². The van der Waals surface area contributed by atoms with Crippen molar-refractivity contribution in [3.05, 3.63) is 0 Å². The Morgan fingerprint density at radius 2 is 1.00 bits per heavy atom. The Labute approximate surface area is 57.7 Å². The van der Waals surface area contributed by atoms with Crippen molar-refractivity contribution in [2.75, 3.05) is 0 Å². The second-order valence-corrected chi connectivity index (χ2v) is 0. The van der Waals surface area contributed by atoms with E-state index < -0.39 is 0 Å². The predicted molar refractivity (Wildman–Crippen MR) is 6.73 cm³/mol. The molecule has 0 aromatic carbocycles.